The van der Waals surface area contributed by atoms with Crippen molar-refractivity contribution in [2.75, 3.05) is 25.0 Å². The number of aryl methyl sites for hydroxylation is 1. The minimum atomic E-state index is -4.61. The van der Waals surface area contributed by atoms with E-state index < -0.39 is 15.5 Å². The number of fused-ring (bicyclic) bond motifs is 2. The van der Waals surface area contributed by atoms with Gasteiger partial charge >= 0.3 is 0 Å². The summed E-state index contributed by atoms with van der Waals surface area (Å²) in [5.74, 6) is -0.0858. The van der Waals surface area contributed by atoms with Gasteiger partial charge in [0, 0.05) is 66.5 Å². The summed E-state index contributed by atoms with van der Waals surface area (Å²) in [7, 11) is -2.51. The summed E-state index contributed by atoms with van der Waals surface area (Å²) >= 11 is 0. The molecule has 1 amide bonds. The summed E-state index contributed by atoms with van der Waals surface area (Å²) in [5, 5.41) is 2.87. The molecule has 0 saturated carbocycles. The molecule has 2 aliphatic heterocycles. The van der Waals surface area contributed by atoms with Crippen molar-refractivity contribution in [2.45, 2.75) is 88.9 Å². The second-order valence-corrected chi connectivity index (χ2v) is 15.3. The number of unbranched alkanes of at least 4 members (excludes halogenated alkanes) is 2. The van der Waals surface area contributed by atoms with Gasteiger partial charge in [-0.15, -0.1) is 5.73 Å². The summed E-state index contributed by atoms with van der Waals surface area (Å²) in [4.78, 5) is 25.8. The van der Waals surface area contributed by atoms with Crippen LogP contribution in [0.15, 0.2) is 95.8 Å². The topological polar surface area (TPSA) is 110 Å². The van der Waals surface area contributed by atoms with E-state index in [2.05, 4.69) is 85.3 Å². The van der Waals surface area contributed by atoms with E-state index in [1.54, 1.807) is 6.07 Å². The molecule has 0 saturated heterocycles. The molecule has 0 aromatic heterocycles. The van der Waals surface area contributed by atoms with E-state index in [1.165, 1.54) is 40.7 Å². The maximum atomic E-state index is 12.3. The highest BCUT2D eigenvalue weighted by atomic mass is 32.2. The zero-order chi connectivity index (χ0) is 36.0. The number of ketones is 1. The van der Waals surface area contributed by atoms with E-state index >= 15 is 0 Å². The number of carbonyl (C=O) groups excluding carboxylic acids is 2. The van der Waals surface area contributed by atoms with E-state index in [4.69, 9.17) is 0 Å². The van der Waals surface area contributed by atoms with Crippen LogP contribution >= 0.6 is 0 Å². The van der Waals surface area contributed by atoms with Gasteiger partial charge in [-0.3, -0.25) is 9.59 Å². The van der Waals surface area contributed by atoms with Crippen LogP contribution in [0, 0.1) is 6.92 Å². The molecule has 260 valence electrons. The van der Waals surface area contributed by atoms with Crippen molar-refractivity contribution in [1.29, 1.82) is 0 Å². The Morgan fingerprint density at radius 1 is 0.959 bits per heavy atom. The summed E-state index contributed by atoms with van der Waals surface area (Å²) in [6.45, 7) is 15.2. The smallest absolute Gasteiger partial charge is 0.219 e. The summed E-state index contributed by atoms with van der Waals surface area (Å²) in [5.41, 5.74) is 9.43. The van der Waals surface area contributed by atoms with Gasteiger partial charge in [0.25, 0.3) is 0 Å². The highest BCUT2D eigenvalue weighted by molar-refractivity contribution is 7.85. The van der Waals surface area contributed by atoms with Crippen LogP contribution in [-0.2, 0) is 30.5 Å². The van der Waals surface area contributed by atoms with Gasteiger partial charge in [0.1, 0.15) is 17.2 Å². The summed E-state index contributed by atoms with van der Waals surface area (Å²) in [6.07, 6.45) is 15.3. The maximum absolute atomic E-state index is 12.3. The molecule has 0 bridgehead atoms. The van der Waals surface area contributed by atoms with Gasteiger partial charge in [0.2, 0.25) is 11.6 Å². The molecule has 0 radical (unpaired) electrons. The van der Waals surface area contributed by atoms with Crippen LogP contribution in [0.2, 0.25) is 0 Å². The van der Waals surface area contributed by atoms with Crippen molar-refractivity contribution in [1.82, 2.24) is 5.32 Å². The minimum Gasteiger partial charge on any atom is -0.744 e. The molecule has 4 rings (SSSR count). The van der Waals surface area contributed by atoms with Crippen molar-refractivity contribution >= 4 is 38.9 Å². The van der Waals surface area contributed by atoms with Crippen LogP contribution in [0.3, 0.4) is 0 Å². The quantitative estimate of drug-likeness (QED) is 0.0538. The SMILES string of the molecule is C=C=CC(=O)CCCNC(=O)CCCCCN1C(=CC=CC=CC2=[N+](C)c3ccc(C)cc3C2(C)C)C(C)(C)c2cc(S(=O)(=O)[O-])ccc21. The van der Waals surface area contributed by atoms with Crippen LogP contribution in [0.5, 0.6) is 0 Å². The Bertz CT molecular complexity index is 1890. The molecule has 2 aromatic rings. The highest BCUT2D eigenvalue weighted by Gasteiger charge is 2.43. The fourth-order valence-corrected chi connectivity index (χ4v) is 7.35. The van der Waals surface area contributed by atoms with Crippen molar-refractivity contribution < 1.29 is 27.1 Å². The van der Waals surface area contributed by atoms with Crippen molar-refractivity contribution in [3.05, 3.63) is 108 Å². The van der Waals surface area contributed by atoms with E-state index in [0.717, 1.165) is 36.2 Å². The van der Waals surface area contributed by atoms with Gasteiger partial charge in [-0.05, 0) is 75.9 Å². The zero-order valence-electron chi connectivity index (χ0n) is 29.6. The van der Waals surface area contributed by atoms with Gasteiger partial charge in [0.05, 0.1) is 10.3 Å². The Hall–Kier alpha value is -4.30. The minimum absolute atomic E-state index is 0.0335. The third-order valence-corrected chi connectivity index (χ3v) is 10.4. The maximum Gasteiger partial charge on any atom is 0.219 e. The average Bonchev–Trinajstić information content (AvgIpc) is 3.35. The number of anilines is 1. The largest absolute Gasteiger partial charge is 0.744 e. The van der Waals surface area contributed by atoms with Crippen LogP contribution in [0.1, 0.15) is 82.9 Å². The summed E-state index contributed by atoms with van der Waals surface area (Å²) < 4.78 is 37.9. The lowest BCUT2D eigenvalue weighted by Crippen LogP contribution is -2.27. The third-order valence-electron chi connectivity index (χ3n) is 9.54. The molecule has 0 spiro atoms. The molecule has 2 heterocycles. The van der Waals surface area contributed by atoms with Gasteiger partial charge in [-0.1, -0.05) is 56.7 Å². The lowest BCUT2D eigenvalue weighted by atomic mass is 9.81. The number of allylic oxidation sites excluding steroid dienone is 7. The fourth-order valence-electron chi connectivity index (χ4n) is 6.86. The number of hydrogen-bond acceptors (Lipinski definition) is 6. The molecular formula is C40H49N3O5S. The van der Waals surface area contributed by atoms with E-state index in [-0.39, 0.29) is 22.0 Å². The molecule has 8 nitrogen and oxygen atoms in total. The van der Waals surface area contributed by atoms with Crippen LogP contribution in [-0.4, -0.2) is 55.1 Å². The number of carbonyl (C=O) groups is 2. The monoisotopic (exact) mass is 683 g/mol. The summed E-state index contributed by atoms with van der Waals surface area (Å²) in [6, 6.07) is 11.2. The first kappa shape index (κ1) is 37.5. The second kappa shape index (κ2) is 15.5. The lowest BCUT2D eigenvalue weighted by Gasteiger charge is -2.27. The predicted octanol–water partition coefficient (Wildman–Crippen LogP) is 7.07. The van der Waals surface area contributed by atoms with E-state index in [1.807, 2.05) is 32.1 Å². The Morgan fingerprint density at radius 3 is 2.43 bits per heavy atom. The number of hydrogen-bond donors (Lipinski definition) is 1. The molecule has 0 unspecified atom stereocenters. The first-order chi connectivity index (χ1) is 23.1. The van der Waals surface area contributed by atoms with Crippen molar-refractivity contribution in [3.8, 4) is 0 Å². The average molecular weight is 684 g/mol. The van der Waals surface area contributed by atoms with E-state index in [0.29, 0.717) is 32.4 Å². The Labute approximate surface area is 292 Å². The van der Waals surface area contributed by atoms with Gasteiger partial charge < -0.3 is 14.8 Å². The molecule has 49 heavy (non-hydrogen) atoms. The van der Waals surface area contributed by atoms with E-state index in [9.17, 15) is 22.6 Å². The number of amides is 1. The first-order valence-electron chi connectivity index (χ1n) is 16.9. The van der Waals surface area contributed by atoms with Crippen LogP contribution < -0.4 is 10.2 Å². The Morgan fingerprint density at radius 2 is 1.71 bits per heavy atom. The molecule has 2 aliphatic rings. The first-order valence-corrected chi connectivity index (χ1v) is 18.3. The number of nitrogens with one attached hydrogen (secondary N) is 1. The van der Waals surface area contributed by atoms with Crippen LogP contribution in [0.25, 0.3) is 0 Å². The molecule has 1 N–H and O–H groups in total. The Kier molecular flexibility index (Phi) is 11.9. The van der Waals surface area contributed by atoms with Crippen molar-refractivity contribution in [2.24, 2.45) is 0 Å². The number of rotatable bonds is 15. The number of benzene rings is 2. The lowest BCUT2D eigenvalue weighted by molar-refractivity contribution is -0.401. The van der Waals surface area contributed by atoms with Gasteiger partial charge in [0.15, 0.2) is 11.5 Å². The fraction of sp³-hybridized carbons (Fsp3) is 0.400. The standard InChI is InChI=1S/C40H49N3O5S/c1-8-16-30(44)17-15-25-41-38(45)20-13-10-14-26-43-35-24-22-31(49(46,47)48)28-33(35)40(5,6)37(43)19-12-9-11-18-36-39(3,4)32-27-29(2)21-23-34(32)42(36)7/h9,11-12,16,18-19,21-24,27-28H,1,10,13-15,17,20,25-26H2,2-7H3,(H-,41,45,46,47,48). The normalized spacial score (nSPS) is 17.1. The van der Waals surface area contributed by atoms with Gasteiger partial charge in [-0.2, -0.15) is 4.58 Å². The molecular weight excluding hydrogens is 635 g/mol. The second-order valence-electron chi connectivity index (χ2n) is 13.9. The zero-order valence-corrected chi connectivity index (χ0v) is 30.5. The highest BCUT2D eigenvalue weighted by Crippen LogP contribution is 2.48. The van der Waals surface area contributed by atoms with Crippen LogP contribution in [0.4, 0.5) is 11.4 Å². The molecule has 9 heteroatoms. The third kappa shape index (κ3) is 8.66. The molecule has 0 fully saturated rings. The van der Waals surface area contributed by atoms with Gasteiger partial charge in [-0.25, -0.2) is 8.42 Å². The van der Waals surface area contributed by atoms with Crippen molar-refractivity contribution in [3.63, 3.8) is 0 Å². The Balaban J connectivity index is 1.45. The number of nitrogens with zero attached hydrogens (tertiary/aromatic N) is 2. The molecule has 0 atom stereocenters. The molecule has 0 aliphatic carbocycles. The molecule has 2 aromatic carbocycles. The predicted molar refractivity (Wildman–Crippen MR) is 196 cm³/mol.